The number of carbonyl (C=O) groups is 2. The summed E-state index contributed by atoms with van der Waals surface area (Å²) in [6.07, 6.45) is 2.43. The van der Waals surface area contributed by atoms with Crippen LogP contribution in [0.2, 0.25) is 0 Å². The Morgan fingerprint density at radius 2 is 2.08 bits per heavy atom. The first-order valence-electron chi connectivity index (χ1n) is 8.50. The highest BCUT2D eigenvalue weighted by Crippen LogP contribution is 2.28. The lowest BCUT2D eigenvalue weighted by molar-refractivity contribution is -0.130. The topological polar surface area (TPSA) is 61.4 Å². The Labute approximate surface area is 149 Å². The molecule has 0 aromatic heterocycles. The van der Waals surface area contributed by atoms with E-state index in [1.165, 1.54) is 0 Å². The van der Waals surface area contributed by atoms with Crippen molar-refractivity contribution in [2.75, 3.05) is 19.6 Å². The zero-order chi connectivity index (χ0) is 16.2. The van der Waals surface area contributed by atoms with E-state index in [4.69, 9.17) is 0 Å². The van der Waals surface area contributed by atoms with Gasteiger partial charge in [-0.3, -0.25) is 9.59 Å². The molecule has 3 unspecified atom stereocenters. The molecule has 1 aromatic carbocycles. The van der Waals surface area contributed by atoms with Crippen LogP contribution in [-0.2, 0) is 9.59 Å². The third-order valence-corrected chi connectivity index (χ3v) is 4.92. The molecule has 2 aliphatic rings. The van der Waals surface area contributed by atoms with E-state index < -0.39 is 0 Å². The van der Waals surface area contributed by atoms with Crippen molar-refractivity contribution in [1.82, 2.24) is 15.5 Å². The second-order valence-electron chi connectivity index (χ2n) is 6.59. The van der Waals surface area contributed by atoms with Crippen molar-refractivity contribution >= 4 is 24.2 Å². The molecular weight excluding hydrogens is 326 g/mol. The van der Waals surface area contributed by atoms with Crippen LogP contribution in [0.5, 0.6) is 0 Å². The van der Waals surface area contributed by atoms with Crippen molar-refractivity contribution in [3.63, 3.8) is 0 Å². The van der Waals surface area contributed by atoms with Crippen LogP contribution in [0.1, 0.15) is 37.8 Å². The third-order valence-electron chi connectivity index (χ3n) is 4.92. The summed E-state index contributed by atoms with van der Waals surface area (Å²) in [5.41, 5.74) is 1.11. The Kier molecular flexibility index (Phi) is 6.63. The number of likely N-dealkylation sites (tertiary alicyclic amines) is 1. The molecule has 5 nitrogen and oxygen atoms in total. The molecule has 0 radical (unpaired) electrons. The molecule has 3 atom stereocenters. The first kappa shape index (κ1) is 18.7. The normalized spacial score (nSPS) is 25.0. The molecule has 2 amide bonds. The van der Waals surface area contributed by atoms with E-state index in [1.54, 1.807) is 0 Å². The van der Waals surface area contributed by atoms with Crippen molar-refractivity contribution < 1.29 is 9.59 Å². The van der Waals surface area contributed by atoms with Crippen LogP contribution in [-0.4, -0.2) is 42.4 Å². The van der Waals surface area contributed by atoms with Gasteiger partial charge in [-0.15, -0.1) is 12.4 Å². The van der Waals surface area contributed by atoms with Crippen LogP contribution in [0.4, 0.5) is 0 Å². The fourth-order valence-electron chi connectivity index (χ4n) is 3.49. The van der Waals surface area contributed by atoms with Gasteiger partial charge < -0.3 is 15.5 Å². The van der Waals surface area contributed by atoms with E-state index in [0.717, 1.165) is 31.5 Å². The van der Waals surface area contributed by atoms with Gasteiger partial charge >= 0.3 is 0 Å². The van der Waals surface area contributed by atoms with E-state index in [-0.39, 0.29) is 42.2 Å². The average Bonchev–Trinajstić information content (AvgIpc) is 2.98. The number of nitrogens with zero attached hydrogens (tertiary/aromatic N) is 1. The predicted octanol–water partition coefficient (Wildman–Crippen LogP) is 1.89. The molecular formula is C18H26ClN3O2. The molecule has 3 rings (SSSR count). The minimum absolute atomic E-state index is 0. The number of hydrogen-bond acceptors (Lipinski definition) is 3. The second-order valence-corrected chi connectivity index (χ2v) is 6.59. The van der Waals surface area contributed by atoms with Gasteiger partial charge in [0.25, 0.3) is 0 Å². The van der Waals surface area contributed by atoms with E-state index in [0.29, 0.717) is 13.0 Å². The quantitative estimate of drug-likeness (QED) is 0.870. The Balaban J connectivity index is 0.00000208. The summed E-state index contributed by atoms with van der Waals surface area (Å²) in [7, 11) is 0. The fraction of sp³-hybridized carbons (Fsp3) is 0.556. The zero-order valence-corrected chi connectivity index (χ0v) is 14.8. The summed E-state index contributed by atoms with van der Waals surface area (Å²) in [5, 5.41) is 6.40. The number of carbonyl (C=O) groups excluding carboxylic acids is 2. The lowest BCUT2D eigenvalue weighted by Crippen LogP contribution is -2.47. The van der Waals surface area contributed by atoms with Crippen LogP contribution in [0, 0.1) is 5.92 Å². The summed E-state index contributed by atoms with van der Waals surface area (Å²) in [6.45, 7) is 4.40. The Morgan fingerprint density at radius 3 is 2.75 bits per heavy atom. The van der Waals surface area contributed by atoms with Crippen LogP contribution < -0.4 is 10.6 Å². The van der Waals surface area contributed by atoms with Gasteiger partial charge in [-0.1, -0.05) is 30.3 Å². The molecule has 0 aliphatic carbocycles. The first-order valence-corrected chi connectivity index (χ1v) is 8.50. The van der Waals surface area contributed by atoms with Gasteiger partial charge in [0, 0.05) is 25.6 Å². The second kappa shape index (κ2) is 8.49. The summed E-state index contributed by atoms with van der Waals surface area (Å²) >= 11 is 0. The van der Waals surface area contributed by atoms with Gasteiger partial charge in [-0.2, -0.15) is 0 Å². The molecule has 24 heavy (non-hydrogen) atoms. The fourth-order valence-corrected chi connectivity index (χ4v) is 3.49. The largest absolute Gasteiger partial charge is 0.352 e. The number of hydrogen-bond donors (Lipinski definition) is 2. The van der Waals surface area contributed by atoms with Crippen molar-refractivity contribution in [2.24, 2.45) is 5.92 Å². The predicted molar refractivity (Wildman–Crippen MR) is 96.0 cm³/mol. The molecule has 1 aromatic rings. The number of piperidine rings is 1. The van der Waals surface area contributed by atoms with Crippen LogP contribution in [0.15, 0.2) is 30.3 Å². The molecule has 2 fully saturated rings. The first-order chi connectivity index (χ1) is 11.1. The molecule has 132 valence electrons. The number of nitrogens with one attached hydrogen (secondary N) is 2. The Hall–Kier alpha value is -1.59. The number of benzene rings is 1. The maximum absolute atomic E-state index is 12.4. The van der Waals surface area contributed by atoms with Gasteiger partial charge in [0.1, 0.15) is 0 Å². The maximum atomic E-state index is 12.4. The molecule has 2 N–H and O–H groups in total. The third kappa shape index (κ3) is 4.28. The molecule has 6 heteroatoms. The Bertz CT molecular complexity index is 561. The summed E-state index contributed by atoms with van der Waals surface area (Å²) < 4.78 is 0. The smallest absolute Gasteiger partial charge is 0.225 e. The SMILES string of the molecule is CC(c1ccccc1)N1CC(C(=O)NC2CCCNC2)CC1=O.Cl. The molecule has 2 aliphatic heterocycles. The standard InChI is InChI=1S/C18H25N3O2.ClH/c1-13(14-6-3-2-4-7-14)21-12-15(10-17(21)22)18(23)20-16-8-5-9-19-11-16;/h2-4,6-7,13,15-16,19H,5,8-12H2,1H3,(H,20,23);1H. The van der Waals surface area contributed by atoms with Gasteiger partial charge in [0.2, 0.25) is 11.8 Å². The number of amides is 2. The van der Waals surface area contributed by atoms with E-state index in [2.05, 4.69) is 10.6 Å². The molecule has 0 saturated carbocycles. The van der Waals surface area contributed by atoms with Gasteiger partial charge in [0.05, 0.1) is 12.0 Å². The van der Waals surface area contributed by atoms with Crippen molar-refractivity contribution in [1.29, 1.82) is 0 Å². The minimum atomic E-state index is -0.226. The maximum Gasteiger partial charge on any atom is 0.225 e. The highest BCUT2D eigenvalue weighted by molar-refractivity contribution is 5.89. The van der Waals surface area contributed by atoms with Crippen molar-refractivity contribution in [3.05, 3.63) is 35.9 Å². The van der Waals surface area contributed by atoms with Gasteiger partial charge in [-0.25, -0.2) is 0 Å². The van der Waals surface area contributed by atoms with Crippen LogP contribution >= 0.6 is 12.4 Å². The minimum Gasteiger partial charge on any atom is -0.352 e. The van der Waals surface area contributed by atoms with Gasteiger partial charge in [0.15, 0.2) is 0 Å². The van der Waals surface area contributed by atoms with Crippen molar-refractivity contribution in [2.45, 2.75) is 38.3 Å². The monoisotopic (exact) mass is 351 g/mol. The van der Waals surface area contributed by atoms with Crippen molar-refractivity contribution in [3.8, 4) is 0 Å². The van der Waals surface area contributed by atoms with E-state index in [9.17, 15) is 9.59 Å². The van der Waals surface area contributed by atoms with Crippen LogP contribution in [0.3, 0.4) is 0 Å². The summed E-state index contributed by atoms with van der Waals surface area (Å²) in [4.78, 5) is 26.6. The number of rotatable bonds is 4. The Morgan fingerprint density at radius 1 is 1.33 bits per heavy atom. The van der Waals surface area contributed by atoms with Crippen LogP contribution in [0.25, 0.3) is 0 Å². The molecule has 0 spiro atoms. The lowest BCUT2D eigenvalue weighted by Gasteiger charge is -2.26. The van der Waals surface area contributed by atoms with E-state index in [1.807, 2.05) is 42.2 Å². The molecule has 2 saturated heterocycles. The average molecular weight is 352 g/mol. The molecule has 2 heterocycles. The highest BCUT2D eigenvalue weighted by atomic mass is 35.5. The lowest BCUT2D eigenvalue weighted by atomic mass is 10.0. The summed E-state index contributed by atoms with van der Waals surface area (Å²) in [6, 6.07) is 10.2. The highest BCUT2D eigenvalue weighted by Gasteiger charge is 2.37. The molecule has 0 bridgehead atoms. The summed E-state index contributed by atoms with van der Waals surface area (Å²) in [5.74, 6) is -0.131. The number of halogens is 1. The zero-order valence-electron chi connectivity index (χ0n) is 14.0. The van der Waals surface area contributed by atoms with E-state index >= 15 is 0 Å². The van der Waals surface area contributed by atoms with Gasteiger partial charge in [-0.05, 0) is 31.9 Å².